The van der Waals surface area contributed by atoms with Crippen molar-refractivity contribution in [2.45, 2.75) is 33.1 Å². The lowest BCUT2D eigenvalue weighted by Crippen LogP contribution is -2.13. The zero-order valence-corrected chi connectivity index (χ0v) is 12.3. The van der Waals surface area contributed by atoms with E-state index in [4.69, 9.17) is 0 Å². The standard InChI is InChI=1S/C13H22P2/c1-5-6-7-11-8-12(14-3)10(2)13(9-11)15-4/h8-9,14-15H,5-7H2,1-4H3. The second-order valence-corrected chi connectivity index (χ2v) is 6.00. The summed E-state index contributed by atoms with van der Waals surface area (Å²) in [6.45, 7) is 9.11. The van der Waals surface area contributed by atoms with E-state index in [0.717, 1.165) is 17.2 Å². The Morgan fingerprint density at radius 1 is 1.07 bits per heavy atom. The number of benzene rings is 1. The highest BCUT2D eigenvalue weighted by Gasteiger charge is 2.04. The van der Waals surface area contributed by atoms with Crippen LogP contribution >= 0.6 is 17.2 Å². The molecule has 0 heterocycles. The molecule has 0 aliphatic rings. The molecule has 15 heavy (non-hydrogen) atoms. The fourth-order valence-electron chi connectivity index (χ4n) is 1.82. The van der Waals surface area contributed by atoms with Crippen LogP contribution in [0.15, 0.2) is 12.1 Å². The van der Waals surface area contributed by atoms with Crippen LogP contribution in [-0.2, 0) is 6.42 Å². The van der Waals surface area contributed by atoms with Crippen molar-refractivity contribution < 1.29 is 0 Å². The first-order valence-corrected chi connectivity index (χ1v) is 8.72. The molecule has 1 aromatic carbocycles. The van der Waals surface area contributed by atoms with Gasteiger partial charge >= 0.3 is 0 Å². The van der Waals surface area contributed by atoms with E-state index >= 15 is 0 Å². The van der Waals surface area contributed by atoms with Crippen LogP contribution in [0.1, 0.15) is 30.9 Å². The molecule has 2 unspecified atom stereocenters. The minimum atomic E-state index is 0.934. The van der Waals surface area contributed by atoms with E-state index in [1.54, 1.807) is 16.2 Å². The third-order valence-electron chi connectivity index (χ3n) is 2.83. The van der Waals surface area contributed by atoms with E-state index in [0.29, 0.717) is 0 Å². The molecule has 1 rings (SSSR count). The summed E-state index contributed by atoms with van der Waals surface area (Å²) in [6.07, 6.45) is 3.87. The molecule has 0 fully saturated rings. The van der Waals surface area contributed by atoms with Gasteiger partial charge in [-0.1, -0.05) is 42.6 Å². The molecule has 0 saturated heterocycles. The number of unbranched alkanes of at least 4 members (excludes halogenated alkanes) is 1. The van der Waals surface area contributed by atoms with Crippen LogP contribution in [0.5, 0.6) is 0 Å². The molecule has 0 spiro atoms. The van der Waals surface area contributed by atoms with Gasteiger partial charge in [0.2, 0.25) is 0 Å². The Bertz CT molecular complexity index is 293. The summed E-state index contributed by atoms with van der Waals surface area (Å²) in [5, 5.41) is 3.15. The first-order chi connectivity index (χ1) is 7.22. The molecular formula is C13H22P2. The highest BCUT2D eigenvalue weighted by molar-refractivity contribution is 7.48. The van der Waals surface area contributed by atoms with Gasteiger partial charge in [-0.05, 0) is 54.8 Å². The highest BCUT2D eigenvalue weighted by atomic mass is 31.1. The SMILES string of the molecule is CCCCc1cc(PC)c(C)c(PC)c1. The number of rotatable bonds is 5. The van der Waals surface area contributed by atoms with E-state index in [2.05, 4.69) is 39.3 Å². The van der Waals surface area contributed by atoms with Gasteiger partial charge in [-0.3, -0.25) is 0 Å². The fourth-order valence-corrected chi connectivity index (χ4v) is 3.62. The molecular weight excluding hydrogens is 218 g/mol. The second kappa shape index (κ2) is 6.62. The van der Waals surface area contributed by atoms with Gasteiger partial charge in [0.05, 0.1) is 0 Å². The highest BCUT2D eigenvalue weighted by Crippen LogP contribution is 2.16. The molecule has 0 saturated carbocycles. The van der Waals surface area contributed by atoms with Gasteiger partial charge in [-0.2, -0.15) is 0 Å². The normalized spacial score (nSPS) is 12.3. The van der Waals surface area contributed by atoms with Crippen molar-refractivity contribution in [1.82, 2.24) is 0 Å². The molecule has 2 atom stereocenters. The molecule has 0 nitrogen and oxygen atoms in total. The van der Waals surface area contributed by atoms with Crippen molar-refractivity contribution in [2.75, 3.05) is 13.3 Å². The van der Waals surface area contributed by atoms with Crippen LogP contribution in [0.25, 0.3) is 0 Å². The zero-order chi connectivity index (χ0) is 11.3. The largest absolute Gasteiger partial charge is 0.0933 e. The lowest BCUT2D eigenvalue weighted by molar-refractivity contribution is 0.796. The summed E-state index contributed by atoms with van der Waals surface area (Å²) < 4.78 is 0. The monoisotopic (exact) mass is 240 g/mol. The predicted octanol–water partition coefficient (Wildman–Crippen LogP) is 3.20. The van der Waals surface area contributed by atoms with E-state index in [9.17, 15) is 0 Å². The molecule has 0 aromatic heterocycles. The van der Waals surface area contributed by atoms with Gasteiger partial charge in [0, 0.05) is 0 Å². The third-order valence-corrected chi connectivity index (χ3v) is 4.94. The van der Waals surface area contributed by atoms with Crippen LogP contribution in [0.4, 0.5) is 0 Å². The summed E-state index contributed by atoms with van der Waals surface area (Å²) in [6, 6.07) is 4.85. The first-order valence-electron chi connectivity index (χ1n) is 5.72. The van der Waals surface area contributed by atoms with E-state index in [1.807, 2.05) is 0 Å². The van der Waals surface area contributed by atoms with Crippen molar-refractivity contribution in [3.8, 4) is 0 Å². The molecule has 0 aliphatic heterocycles. The van der Waals surface area contributed by atoms with Gasteiger partial charge in [0.1, 0.15) is 0 Å². The Hall–Kier alpha value is 0.0800. The molecule has 2 heteroatoms. The minimum absolute atomic E-state index is 0.934. The van der Waals surface area contributed by atoms with Crippen LogP contribution in [0.3, 0.4) is 0 Å². The van der Waals surface area contributed by atoms with Gasteiger partial charge < -0.3 is 0 Å². The Morgan fingerprint density at radius 2 is 1.60 bits per heavy atom. The third kappa shape index (κ3) is 3.54. The van der Waals surface area contributed by atoms with Crippen LogP contribution in [0.2, 0.25) is 0 Å². The fraction of sp³-hybridized carbons (Fsp3) is 0.538. The molecule has 0 amide bonds. The maximum absolute atomic E-state index is 2.42. The van der Waals surface area contributed by atoms with Crippen molar-refractivity contribution in [2.24, 2.45) is 0 Å². The van der Waals surface area contributed by atoms with E-state index < -0.39 is 0 Å². The quantitative estimate of drug-likeness (QED) is 0.693. The summed E-state index contributed by atoms with van der Waals surface area (Å²) >= 11 is 0. The Morgan fingerprint density at radius 3 is 2.00 bits per heavy atom. The lowest BCUT2D eigenvalue weighted by atomic mass is 10.1. The maximum Gasteiger partial charge on any atom is -0.0236 e. The Kier molecular flexibility index (Phi) is 5.80. The van der Waals surface area contributed by atoms with E-state index in [1.165, 1.54) is 24.8 Å². The number of hydrogen-bond donors (Lipinski definition) is 0. The second-order valence-electron chi connectivity index (χ2n) is 3.92. The van der Waals surface area contributed by atoms with Crippen LogP contribution in [0, 0.1) is 6.92 Å². The minimum Gasteiger partial charge on any atom is -0.0933 e. The van der Waals surface area contributed by atoms with Crippen LogP contribution in [-0.4, -0.2) is 13.3 Å². The van der Waals surface area contributed by atoms with Gasteiger partial charge in [-0.25, -0.2) is 0 Å². The average molecular weight is 240 g/mol. The van der Waals surface area contributed by atoms with Crippen molar-refractivity contribution in [3.63, 3.8) is 0 Å². The topological polar surface area (TPSA) is 0 Å². The maximum atomic E-state index is 2.42. The molecule has 84 valence electrons. The Balaban J connectivity index is 2.98. The van der Waals surface area contributed by atoms with Crippen molar-refractivity contribution >= 4 is 27.8 Å². The summed E-state index contributed by atoms with van der Waals surface area (Å²) in [4.78, 5) is 0. The molecule has 0 N–H and O–H groups in total. The van der Waals surface area contributed by atoms with Gasteiger partial charge in [0.25, 0.3) is 0 Å². The zero-order valence-electron chi connectivity index (χ0n) is 10.3. The summed E-state index contributed by atoms with van der Waals surface area (Å²) in [7, 11) is 1.87. The predicted molar refractivity (Wildman–Crippen MR) is 77.5 cm³/mol. The summed E-state index contributed by atoms with van der Waals surface area (Å²) in [5.41, 5.74) is 3.09. The number of hydrogen-bond acceptors (Lipinski definition) is 0. The molecule has 0 bridgehead atoms. The van der Waals surface area contributed by atoms with Crippen LogP contribution < -0.4 is 10.6 Å². The lowest BCUT2D eigenvalue weighted by Gasteiger charge is -2.12. The van der Waals surface area contributed by atoms with Crippen molar-refractivity contribution in [3.05, 3.63) is 23.3 Å². The summed E-state index contributed by atoms with van der Waals surface area (Å²) in [5.74, 6) is 0. The first kappa shape index (κ1) is 13.1. The van der Waals surface area contributed by atoms with E-state index in [-0.39, 0.29) is 0 Å². The molecule has 0 aliphatic carbocycles. The van der Waals surface area contributed by atoms with Crippen molar-refractivity contribution in [1.29, 1.82) is 0 Å². The van der Waals surface area contributed by atoms with Gasteiger partial charge in [-0.15, -0.1) is 0 Å². The smallest absolute Gasteiger partial charge is 0.0236 e. The number of aryl methyl sites for hydroxylation is 1. The molecule has 0 radical (unpaired) electrons. The Labute approximate surface area is 97.8 Å². The average Bonchev–Trinajstić information content (AvgIpc) is 2.27. The van der Waals surface area contributed by atoms with Gasteiger partial charge in [0.15, 0.2) is 0 Å². The molecule has 1 aromatic rings.